The standard InChI is InChI=1S/C14H21F3N2O4S/c1-2-19(11-5-7-24(22,23)9-11)12(20)10-4-3-6-18(8-10)13(21)14(15,16)17/h10-11H,2-9H2,1H3. The molecule has 0 saturated carbocycles. The molecule has 2 amide bonds. The molecule has 2 saturated heterocycles. The molecule has 2 heterocycles. The maximum atomic E-state index is 12.7. The van der Waals surface area contributed by atoms with Crippen molar-refractivity contribution < 1.29 is 31.2 Å². The summed E-state index contributed by atoms with van der Waals surface area (Å²) in [6, 6.07) is -0.429. The van der Waals surface area contributed by atoms with Gasteiger partial charge in [-0.3, -0.25) is 9.59 Å². The first-order valence-corrected chi connectivity index (χ1v) is 9.74. The third kappa shape index (κ3) is 4.20. The van der Waals surface area contributed by atoms with Crippen molar-refractivity contribution in [2.24, 2.45) is 5.92 Å². The van der Waals surface area contributed by atoms with Gasteiger partial charge in [-0.1, -0.05) is 0 Å². The predicted octanol–water partition coefficient (Wildman–Crippen LogP) is 0.823. The van der Waals surface area contributed by atoms with Crippen molar-refractivity contribution in [3.63, 3.8) is 0 Å². The number of hydrogen-bond donors (Lipinski definition) is 0. The molecule has 24 heavy (non-hydrogen) atoms. The highest BCUT2D eigenvalue weighted by Gasteiger charge is 2.45. The van der Waals surface area contributed by atoms with Crippen LogP contribution in [0.5, 0.6) is 0 Å². The number of nitrogens with zero attached hydrogens (tertiary/aromatic N) is 2. The van der Waals surface area contributed by atoms with E-state index in [9.17, 15) is 31.2 Å². The van der Waals surface area contributed by atoms with Gasteiger partial charge >= 0.3 is 12.1 Å². The maximum Gasteiger partial charge on any atom is 0.471 e. The van der Waals surface area contributed by atoms with Crippen molar-refractivity contribution in [1.29, 1.82) is 0 Å². The quantitative estimate of drug-likeness (QED) is 0.737. The monoisotopic (exact) mass is 370 g/mol. The Morgan fingerprint density at radius 3 is 2.42 bits per heavy atom. The first kappa shape index (κ1) is 19.0. The molecular formula is C14H21F3N2O4S. The fourth-order valence-electron chi connectivity index (χ4n) is 3.39. The summed E-state index contributed by atoms with van der Waals surface area (Å²) in [5.41, 5.74) is 0. The van der Waals surface area contributed by atoms with Gasteiger partial charge in [0.05, 0.1) is 17.4 Å². The van der Waals surface area contributed by atoms with E-state index >= 15 is 0 Å². The highest BCUT2D eigenvalue weighted by Crippen LogP contribution is 2.27. The minimum absolute atomic E-state index is 0.0186. The predicted molar refractivity (Wildman–Crippen MR) is 79.8 cm³/mol. The van der Waals surface area contributed by atoms with E-state index in [1.165, 1.54) is 4.90 Å². The molecule has 10 heteroatoms. The summed E-state index contributed by atoms with van der Waals surface area (Å²) < 4.78 is 60.9. The van der Waals surface area contributed by atoms with Gasteiger partial charge in [-0.25, -0.2) is 8.42 Å². The third-order valence-electron chi connectivity index (χ3n) is 4.57. The van der Waals surface area contributed by atoms with Crippen LogP contribution < -0.4 is 0 Å². The second-order valence-corrected chi connectivity index (χ2v) is 8.50. The number of carbonyl (C=O) groups excluding carboxylic acids is 2. The highest BCUT2D eigenvalue weighted by molar-refractivity contribution is 7.91. The lowest BCUT2D eigenvalue weighted by atomic mass is 9.95. The SMILES string of the molecule is CCN(C(=O)C1CCCN(C(=O)C(F)(F)F)C1)C1CCS(=O)(=O)C1. The summed E-state index contributed by atoms with van der Waals surface area (Å²) in [6.07, 6.45) is -3.88. The second-order valence-electron chi connectivity index (χ2n) is 6.27. The average molecular weight is 370 g/mol. The van der Waals surface area contributed by atoms with Crippen molar-refractivity contribution in [2.75, 3.05) is 31.1 Å². The van der Waals surface area contributed by atoms with E-state index in [-0.39, 0.29) is 30.5 Å². The van der Waals surface area contributed by atoms with Gasteiger partial charge in [0.2, 0.25) is 5.91 Å². The van der Waals surface area contributed by atoms with Crippen LogP contribution in [-0.2, 0) is 19.4 Å². The summed E-state index contributed by atoms with van der Waals surface area (Å²) >= 11 is 0. The van der Waals surface area contributed by atoms with E-state index in [4.69, 9.17) is 0 Å². The van der Waals surface area contributed by atoms with E-state index in [0.29, 0.717) is 30.7 Å². The van der Waals surface area contributed by atoms with Crippen LogP contribution >= 0.6 is 0 Å². The zero-order valence-electron chi connectivity index (χ0n) is 13.4. The van der Waals surface area contributed by atoms with Gasteiger partial charge in [0.15, 0.2) is 9.84 Å². The molecule has 6 nitrogen and oxygen atoms in total. The smallest absolute Gasteiger partial charge is 0.339 e. The number of likely N-dealkylation sites (tertiary alicyclic amines) is 1. The molecule has 0 aromatic carbocycles. The number of sulfone groups is 1. The number of alkyl halides is 3. The average Bonchev–Trinajstić information content (AvgIpc) is 2.86. The van der Waals surface area contributed by atoms with Gasteiger partial charge in [0.1, 0.15) is 0 Å². The van der Waals surface area contributed by atoms with Crippen molar-refractivity contribution >= 4 is 21.7 Å². The Labute approximate surface area is 138 Å². The van der Waals surface area contributed by atoms with Gasteiger partial charge < -0.3 is 9.80 Å². The van der Waals surface area contributed by atoms with Gasteiger partial charge in [0, 0.05) is 25.7 Å². The highest BCUT2D eigenvalue weighted by atomic mass is 32.2. The molecule has 2 atom stereocenters. The van der Waals surface area contributed by atoms with Gasteiger partial charge in [-0.15, -0.1) is 0 Å². The van der Waals surface area contributed by atoms with Crippen molar-refractivity contribution in [3.05, 3.63) is 0 Å². The Kier molecular flexibility index (Phi) is 5.46. The normalized spacial score (nSPS) is 27.1. The molecule has 2 rings (SSSR count). The minimum atomic E-state index is -4.95. The topological polar surface area (TPSA) is 74.8 Å². The molecule has 2 fully saturated rings. The summed E-state index contributed by atoms with van der Waals surface area (Å²) in [6.45, 7) is 1.71. The van der Waals surface area contributed by atoms with Crippen LogP contribution in [0.15, 0.2) is 0 Å². The third-order valence-corrected chi connectivity index (χ3v) is 6.32. The number of carbonyl (C=O) groups is 2. The van der Waals surface area contributed by atoms with Gasteiger partial charge in [-0.2, -0.15) is 13.2 Å². The minimum Gasteiger partial charge on any atom is -0.339 e. The molecule has 2 aliphatic rings. The van der Waals surface area contributed by atoms with E-state index < -0.39 is 33.9 Å². The molecule has 0 N–H and O–H groups in total. The summed E-state index contributed by atoms with van der Waals surface area (Å²) in [7, 11) is -3.17. The summed E-state index contributed by atoms with van der Waals surface area (Å²) in [4.78, 5) is 26.1. The van der Waals surface area contributed by atoms with Crippen molar-refractivity contribution in [1.82, 2.24) is 9.80 Å². The maximum absolute atomic E-state index is 12.7. The van der Waals surface area contributed by atoms with Crippen LogP contribution in [0.4, 0.5) is 13.2 Å². The molecule has 0 bridgehead atoms. The first-order valence-electron chi connectivity index (χ1n) is 7.92. The van der Waals surface area contributed by atoms with Crippen LogP contribution in [0.2, 0.25) is 0 Å². The van der Waals surface area contributed by atoms with Gasteiger partial charge in [0.25, 0.3) is 0 Å². The molecular weight excluding hydrogens is 349 g/mol. The largest absolute Gasteiger partial charge is 0.471 e. The number of amides is 2. The number of hydrogen-bond acceptors (Lipinski definition) is 4. The zero-order chi connectivity index (χ0) is 18.1. The zero-order valence-corrected chi connectivity index (χ0v) is 14.2. The van der Waals surface area contributed by atoms with Crippen LogP contribution in [0.3, 0.4) is 0 Å². The molecule has 138 valence electrons. The van der Waals surface area contributed by atoms with Gasteiger partial charge in [-0.05, 0) is 26.2 Å². The Morgan fingerprint density at radius 1 is 1.25 bits per heavy atom. The lowest BCUT2D eigenvalue weighted by Crippen LogP contribution is -2.52. The fraction of sp³-hybridized carbons (Fsp3) is 0.857. The molecule has 0 radical (unpaired) electrons. The molecule has 0 aliphatic carbocycles. The first-order chi connectivity index (χ1) is 11.0. The van der Waals surface area contributed by atoms with E-state index in [0.717, 1.165) is 0 Å². The van der Waals surface area contributed by atoms with Crippen LogP contribution in [0.25, 0.3) is 0 Å². The van der Waals surface area contributed by atoms with Crippen molar-refractivity contribution in [2.45, 2.75) is 38.4 Å². The summed E-state index contributed by atoms with van der Waals surface area (Å²) in [5.74, 6) is -3.09. The molecule has 0 aromatic rings. The van der Waals surface area contributed by atoms with E-state index in [1.54, 1.807) is 6.92 Å². The lowest BCUT2D eigenvalue weighted by molar-refractivity contribution is -0.187. The van der Waals surface area contributed by atoms with Crippen LogP contribution in [0, 0.1) is 5.92 Å². The Morgan fingerprint density at radius 2 is 1.92 bits per heavy atom. The fourth-order valence-corrected chi connectivity index (χ4v) is 5.12. The van der Waals surface area contributed by atoms with E-state index in [2.05, 4.69) is 0 Å². The Balaban J connectivity index is 2.06. The lowest BCUT2D eigenvalue weighted by Gasteiger charge is -2.36. The molecule has 0 aromatic heterocycles. The van der Waals surface area contributed by atoms with Crippen molar-refractivity contribution in [3.8, 4) is 0 Å². The van der Waals surface area contributed by atoms with E-state index in [1.807, 2.05) is 0 Å². The Bertz CT molecular complexity index is 606. The number of halogens is 3. The Hall–Kier alpha value is -1.32. The van der Waals surface area contributed by atoms with Crippen LogP contribution in [0.1, 0.15) is 26.2 Å². The van der Waals surface area contributed by atoms with Crippen LogP contribution in [-0.4, -0.2) is 73.4 Å². The number of rotatable bonds is 3. The molecule has 2 aliphatic heterocycles. The summed E-state index contributed by atoms with van der Waals surface area (Å²) in [5, 5.41) is 0. The number of piperidine rings is 1. The molecule has 2 unspecified atom stereocenters. The molecule has 0 spiro atoms. The second kappa shape index (κ2) is 6.89.